The topological polar surface area (TPSA) is 9.23 Å². The van der Waals surface area contributed by atoms with Crippen LogP contribution in [0.1, 0.15) is 34.1 Å². The van der Waals surface area contributed by atoms with E-state index in [0.29, 0.717) is 6.61 Å². The standard InChI is InChI=1S/C20H27ClOSi/c1-17(21)15-16-22-23(20(2,3)4,18-11-7-5-8-12-18)19-13-9-6-10-14-19/h5-14,17H,15-16H2,1-4H3. The van der Waals surface area contributed by atoms with Gasteiger partial charge in [-0.2, -0.15) is 0 Å². The molecule has 0 amide bonds. The maximum Gasteiger partial charge on any atom is 0.261 e. The molecule has 124 valence electrons. The summed E-state index contributed by atoms with van der Waals surface area (Å²) in [6.07, 6.45) is 0.867. The highest BCUT2D eigenvalue weighted by molar-refractivity contribution is 6.99. The van der Waals surface area contributed by atoms with Gasteiger partial charge in [-0.25, -0.2) is 0 Å². The molecule has 0 spiro atoms. The summed E-state index contributed by atoms with van der Waals surface area (Å²) in [5.41, 5.74) is 0. The average Bonchev–Trinajstić information content (AvgIpc) is 2.52. The first-order valence-electron chi connectivity index (χ1n) is 8.27. The van der Waals surface area contributed by atoms with E-state index in [0.717, 1.165) is 6.42 Å². The van der Waals surface area contributed by atoms with Crippen LogP contribution in [0.15, 0.2) is 60.7 Å². The summed E-state index contributed by atoms with van der Waals surface area (Å²) in [4.78, 5) is 0. The Labute approximate surface area is 146 Å². The van der Waals surface area contributed by atoms with E-state index in [4.69, 9.17) is 16.0 Å². The summed E-state index contributed by atoms with van der Waals surface area (Å²) in [5.74, 6) is 0. The fourth-order valence-electron chi connectivity index (χ4n) is 3.14. The van der Waals surface area contributed by atoms with E-state index in [-0.39, 0.29) is 10.4 Å². The van der Waals surface area contributed by atoms with Crippen molar-refractivity contribution in [3.63, 3.8) is 0 Å². The Bertz CT molecular complexity index is 551. The molecule has 0 radical (unpaired) electrons. The fourth-order valence-corrected chi connectivity index (χ4v) is 7.80. The molecule has 3 heteroatoms. The quantitative estimate of drug-likeness (QED) is 0.549. The maximum atomic E-state index is 6.73. The van der Waals surface area contributed by atoms with Crippen LogP contribution in [0.4, 0.5) is 0 Å². The molecule has 1 atom stereocenters. The Morgan fingerprint density at radius 1 is 0.913 bits per heavy atom. The minimum absolute atomic E-state index is 0.0330. The summed E-state index contributed by atoms with van der Waals surface area (Å²) in [5, 5.41) is 2.81. The van der Waals surface area contributed by atoms with Gasteiger partial charge in [-0.1, -0.05) is 81.4 Å². The predicted molar refractivity (Wildman–Crippen MR) is 104 cm³/mol. The summed E-state index contributed by atoms with van der Waals surface area (Å²) < 4.78 is 6.73. The molecule has 0 aliphatic rings. The van der Waals surface area contributed by atoms with Crippen molar-refractivity contribution in [2.45, 2.75) is 44.5 Å². The molecule has 2 aromatic carbocycles. The molecule has 0 fully saturated rings. The molecule has 1 nitrogen and oxygen atoms in total. The molecule has 0 aliphatic heterocycles. The molecule has 2 aromatic rings. The van der Waals surface area contributed by atoms with Crippen LogP contribution in [0.2, 0.25) is 5.04 Å². The van der Waals surface area contributed by atoms with Crippen LogP contribution in [0.25, 0.3) is 0 Å². The molecular formula is C20H27ClOSi. The maximum absolute atomic E-state index is 6.73. The Morgan fingerprint density at radius 3 is 1.70 bits per heavy atom. The van der Waals surface area contributed by atoms with E-state index in [1.807, 2.05) is 6.92 Å². The summed E-state index contributed by atoms with van der Waals surface area (Å²) in [6.45, 7) is 9.60. The van der Waals surface area contributed by atoms with Gasteiger partial charge in [0.2, 0.25) is 0 Å². The second-order valence-corrected chi connectivity index (χ2v) is 12.1. The first kappa shape index (κ1) is 18.2. The third-order valence-corrected chi connectivity index (χ3v) is 9.51. The van der Waals surface area contributed by atoms with Gasteiger partial charge in [-0.15, -0.1) is 11.6 Å². The van der Waals surface area contributed by atoms with E-state index in [2.05, 4.69) is 81.4 Å². The van der Waals surface area contributed by atoms with Crippen LogP contribution >= 0.6 is 11.6 Å². The SMILES string of the molecule is CC(Cl)CCO[Si](c1ccccc1)(c1ccccc1)C(C)(C)C. The molecule has 0 heterocycles. The number of hydrogen-bond acceptors (Lipinski definition) is 1. The lowest BCUT2D eigenvalue weighted by molar-refractivity contribution is 0.291. The lowest BCUT2D eigenvalue weighted by Gasteiger charge is -2.43. The highest BCUT2D eigenvalue weighted by Crippen LogP contribution is 2.36. The van der Waals surface area contributed by atoms with Gasteiger partial charge in [0.25, 0.3) is 8.32 Å². The highest BCUT2D eigenvalue weighted by atomic mass is 35.5. The number of hydrogen-bond donors (Lipinski definition) is 0. The lowest BCUT2D eigenvalue weighted by Crippen LogP contribution is -2.66. The number of rotatable bonds is 6. The summed E-state index contributed by atoms with van der Waals surface area (Å²) in [7, 11) is -2.37. The third-order valence-electron chi connectivity index (χ3n) is 4.25. The van der Waals surface area contributed by atoms with E-state index in [1.54, 1.807) is 0 Å². The van der Waals surface area contributed by atoms with Crippen molar-refractivity contribution in [1.82, 2.24) is 0 Å². The van der Waals surface area contributed by atoms with Gasteiger partial charge >= 0.3 is 0 Å². The second-order valence-electron chi connectivity index (χ2n) is 7.08. The van der Waals surface area contributed by atoms with Gasteiger partial charge in [0, 0.05) is 12.0 Å². The molecule has 0 aliphatic carbocycles. The molecule has 2 rings (SSSR count). The van der Waals surface area contributed by atoms with Crippen LogP contribution in [0.3, 0.4) is 0 Å². The van der Waals surface area contributed by atoms with Gasteiger partial charge in [-0.05, 0) is 28.8 Å². The molecule has 0 aromatic heterocycles. The van der Waals surface area contributed by atoms with E-state index >= 15 is 0 Å². The zero-order valence-corrected chi connectivity index (χ0v) is 16.3. The van der Waals surface area contributed by atoms with Gasteiger partial charge in [0.15, 0.2) is 0 Å². The zero-order valence-electron chi connectivity index (χ0n) is 14.6. The largest absolute Gasteiger partial charge is 0.407 e. The smallest absolute Gasteiger partial charge is 0.261 e. The molecule has 0 saturated heterocycles. The zero-order chi connectivity index (χ0) is 16.9. The van der Waals surface area contributed by atoms with Crippen molar-refractivity contribution >= 4 is 30.3 Å². The van der Waals surface area contributed by atoms with Gasteiger partial charge in [-0.3, -0.25) is 0 Å². The van der Waals surface area contributed by atoms with Crippen molar-refractivity contribution < 1.29 is 4.43 Å². The van der Waals surface area contributed by atoms with Crippen molar-refractivity contribution in [3.8, 4) is 0 Å². The van der Waals surface area contributed by atoms with Gasteiger partial charge < -0.3 is 4.43 Å². The normalized spacial score (nSPS) is 13.8. The second kappa shape index (κ2) is 7.65. The Hall–Kier alpha value is -1.09. The van der Waals surface area contributed by atoms with Gasteiger partial charge in [0.05, 0.1) is 0 Å². The number of alkyl halides is 1. The molecular weight excluding hydrogens is 320 g/mol. The number of halogens is 1. The monoisotopic (exact) mass is 346 g/mol. The van der Waals surface area contributed by atoms with Crippen molar-refractivity contribution in [1.29, 1.82) is 0 Å². The molecule has 0 saturated carbocycles. The van der Waals surface area contributed by atoms with Crippen LogP contribution in [0.5, 0.6) is 0 Å². The highest BCUT2D eigenvalue weighted by Gasteiger charge is 2.49. The van der Waals surface area contributed by atoms with Crippen molar-refractivity contribution in [2.24, 2.45) is 0 Å². The Morgan fingerprint density at radius 2 is 1.35 bits per heavy atom. The van der Waals surface area contributed by atoms with Crippen LogP contribution in [-0.4, -0.2) is 20.3 Å². The number of benzene rings is 2. The Balaban J connectivity index is 2.55. The van der Waals surface area contributed by atoms with Crippen molar-refractivity contribution in [2.75, 3.05) is 6.61 Å². The average molecular weight is 347 g/mol. The molecule has 1 unspecified atom stereocenters. The third kappa shape index (κ3) is 4.06. The van der Waals surface area contributed by atoms with Gasteiger partial charge in [0.1, 0.15) is 0 Å². The fraction of sp³-hybridized carbons (Fsp3) is 0.400. The minimum atomic E-state index is -2.37. The minimum Gasteiger partial charge on any atom is -0.407 e. The van der Waals surface area contributed by atoms with E-state index in [9.17, 15) is 0 Å². The van der Waals surface area contributed by atoms with Crippen LogP contribution < -0.4 is 10.4 Å². The van der Waals surface area contributed by atoms with Crippen molar-refractivity contribution in [3.05, 3.63) is 60.7 Å². The molecule has 0 bridgehead atoms. The first-order chi connectivity index (χ1) is 10.9. The molecule has 23 heavy (non-hydrogen) atoms. The van der Waals surface area contributed by atoms with Crippen LogP contribution in [0, 0.1) is 0 Å². The molecule has 0 N–H and O–H groups in total. The van der Waals surface area contributed by atoms with E-state index in [1.165, 1.54) is 10.4 Å². The Kier molecular flexibility index (Phi) is 6.07. The summed E-state index contributed by atoms with van der Waals surface area (Å²) in [6, 6.07) is 21.4. The van der Waals surface area contributed by atoms with Crippen LogP contribution in [-0.2, 0) is 4.43 Å². The summed E-state index contributed by atoms with van der Waals surface area (Å²) >= 11 is 6.15. The predicted octanol–water partition coefficient (Wildman–Crippen LogP) is 4.58. The lowest BCUT2D eigenvalue weighted by atomic mass is 10.2. The van der Waals surface area contributed by atoms with E-state index < -0.39 is 8.32 Å². The first-order valence-corrected chi connectivity index (χ1v) is 10.6.